The van der Waals surface area contributed by atoms with Gasteiger partial charge in [-0.2, -0.15) is 0 Å². The summed E-state index contributed by atoms with van der Waals surface area (Å²) in [5.74, 6) is -2.14. The molecular formula is C68H132O17P2. The second kappa shape index (κ2) is 62.8. The summed E-state index contributed by atoms with van der Waals surface area (Å²) in [5, 5.41) is 10.5. The first-order valence-corrected chi connectivity index (χ1v) is 38.8. The van der Waals surface area contributed by atoms with Crippen LogP contribution in [-0.2, 0) is 65.4 Å². The topological polar surface area (TPSA) is 237 Å². The van der Waals surface area contributed by atoms with E-state index in [2.05, 4.69) is 27.7 Å². The standard InChI is InChI=1S/C68H132O17P2/c1-5-9-13-17-20-23-25-26-27-28-29-30-31-32-33-34-35-37-40-43-47-51-55-68(73)85-64(59-79-66(71)53-49-45-41-39-36-24-21-18-14-10-6-2)61-83-87(76,77)81-57-62(69)56-80-86(74,75)82-60-63(58-78-65(70)52-48-44-16-12-8-4)84-67(72)54-50-46-42-38-22-19-15-11-7-3/h62-64,69H,5-61H2,1-4H3,(H,74,75)(H,76,77)/t62-,63+,64+/m0/s1. The lowest BCUT2D eigenvalue weighted by Gasteiger charge is -2.21. The van der Waals surface area contributed by atoms with Crippen molar-refractivity contribution >= 4 is 39.5 Å². The number of aliphatic hydroxyl groups is 1. The summed E-state index contributed by atoms with van der Waals surface area (Å²) >= 11 is 0. The Morgan fingerprint density at radius 3 is 0.678 bits per heavy atom. The van der Waals surface area contributed by atoms with Crippen LogP contribution >= 0.6 is 15.6 Å². The van der Waals surface area contributed by atoms with E-state index >= 15 is 0 Å². The Morgan fingerprint density at radius 1 is 0.276 bits per heavy atom. The summed E-state index contributed by atoms with van der Waals surface area (Å²) in [6.07, 6.45) is 50.6. The zero-order chi connectivity index (χ0) is 64.0. The summed E-state index contributed by atoms with van der Waals surface area (Å²) in [7, 11) is -9.88. The monoisotopic (exact) mass is 1280 g/mol. The Balaban J connectivity index is 5.05. The molecule has 0 aromatic heterocycles. The van der Waals surface area contributed by atoms with Crippen LogP contribution in [0.5, 0.6) is 0 Å². The summed E-state index contributed by atoms with van der Waals surface area (Å²) in [6.45, 7) is 4.81. The number of ether oxygens (including phenoxy) is 4. The molecule has 0 aliphatic rings. The highest BCUT2D eigenvalue weighted by Crippen LogP contribution is 2.45. The fourth-order valence-electron chi connectivity index (χ4n) is 10.3. The van der Waals surface area contributed by atoms with E-state index < -0.39 is 97.5 Å². The molecule has 0 spiro atoms. The maximum Gasteiger partial charge on any atom is 0.472 e. The number of phosphoric acid groups is 2. The Labute approximate surface area is 530 Å². The quantitative estimate of drug-likeness (QED) is 0.0222. The number of carbonyl (C=O) groups is 4. The fraction of sp³-hybridized carbons (Fsp3) is 0.941. The van der Waals surface area contributed by atoms with Crippen LogP contribution in [0.3, 0.4) is 0 Å². The van der Waals surface area contributed by atoms with Gasteiger partial charge in [-0.1, -0.05) is 304 Å². The Kier molecular flexibility index (Phi) is 61.4. The van der Waals surface area contributed by atoms with Crippen molar-refractivity contribution in [2.75, 3.05) is 39.6 Å². The minimum absolute atomic E-state index is 0.105. The van der Waals surface area contributed by atoms with E-state index in [0.29, 0.717) is 25.7 Å². The number of hydrogen-bond donors (Lipinski definition) is 3. The SMILES string of the molecule is CCCCCCCCCCCCCCCCCCCCCCCCC(=O)O[C@H](COC(=O)CCCCCCCCCCCCC)COP(=O)(O)OC[C@@H](O)COP(=O)(O)OC[C@@H](COC(=O)CCCCCCC)OC(=O)CCCCCCCCCCC. The van der Waals surface area contributed by atoms with Crippen LogP contribution in [0.25, 0.3) is 0 Å². The summed E-state index contributed by atoms with van der Waals surface area (Å²) in [4.78, 5) is 72.0. The van der Waals surface area contributed by atoms with Gasteiger partial charge in [-0.25, -0.2) is 9.13 Å². The van der Waals surface area contributed by atoms with Crippen LogP contribution in [0.1, 0.15) is 355 Å². The average molecular weight is 1280 g/mol. The smallest absolute Gasteiger partial charge is 0.462 e. The molecule has 0 aliphatic carbocycles. The summed E-state index contributed by atoms with van der Waals surface area (Å²) in [6, 6.07) is 0. The molecule has 0 radical (unpaired) electrons. The van der Waals surface area contributed by atoms with Gasteiger partial charge in [0, 0.05) is 25.7 Å². The Bertz CT molecular complexity index is 1670. The lowest BCUT2D eigenvalue weighted by Crippen LogP contribution is -2.30. The first kappa shape index (κ1) is 85.1. The van der Waals surface area contributed by atoms with E-state index in [-0.39, 0.29) is 25.7 Å². The van der Waals surface area contributed by atoms with Gasteiger partial charge in [0.1, 0.15) is 19.3 Å². The molecule has 0 heterocycles. The molecule has 0 bridgehead atoms. The zero-order valence-corrected chi connectivity index (χ0v) is 57.8. The molecule has 2 unspecified atom stereocenters. The highest BCUT2D eigenvalue weighted by molar-refractivity contribution is 7.47. The van der Waals surface area contributed by atoms with E-state index in [9.17, 15) is 43.2 Å². The van der Waals surface area contributed by atoms with Gasteiger partial charge in [0.05, 0.1) is 26.4 Å². The average Bonchev–Trinajstić information content (AvgIpc) is 3.55. The molecule has 3 N–H and O–H groups in total. The van der Waals surface area contributed by atoms with Gasteiger partial charge in [0.25, 0.3) is 0 Å². The van der Waals surface area contributed by atoms with Crippen LogP contribution in [0.2, 0.25) is 0 Å². The maximum atomic E-state index is 13.0. The van der Waals surface area contributed by atoms with Gasteiger partial charge in [0.15, 0.2) is 12.2 Å². The molecule has 87 heavy (non-hydrogen) atoms. The molecule has 0 fully saturated rings. The molecule has 516 valence electrons. The number of phosphoric ester groups is 2. The second-order valence-corrected chi connectivity index (χ2v) is 27.5. The number of hydrogen-bond acceptors (Lipinski definition) is 15. The van der Waals surface area contributed by atoms with Gasteiger partial charge in [0.2, 0.25) is 0 Å². The van der Waals surface area contributed by atoms with Gasteiger partial charge in [-0.15, -0.1) is 0 Å². The lowest BCUT2D eigenvalue weighted by atomic mass is 10.0. The second-order valence-electron chi connectivity index (χ2n) is 24.6. The zero-order valence-electron chi connectivity index (χ0n) is 56.0. The van der Waals surface area contributed by atoms with E-state index in [1.165, 1.54) is 180 Å². The van der Waals surface area contributed by atoms with Crippen LogP contribution in [0.4, 0.5) is 0 Å². The van der Waals surface area contributed by atoms with Crippen molar-refractivity contribution in [1.82, 2.24) is 0 Å². The highest BCUT2D eigenvalue weighted by Gasteiger charge is 2.30. The van der Waals surface area contributed by atoms with E-state index in [0.717, 1.165) is 96.3 Å². The number of esters is 4. The molecule has 0 saturated heterocycles. The molecular weight excluding hydrogens is 1150 g/mol. The van der Waals surface area contributed by atoms with Gasteiger partial charge < -0.3 is 33.8 Å². The van der Waals surface area contributed by atoms with Gasteiger partial charge in [-0.05, 0) is 25.7 Å². The molecule has 0 amide bonds. The molecule has 0 rings (SSSR count). The van der Waals surface area contributed by atoms with Crippen molar-refractivity contribution in [3.05, 3.63) is 0 Å². The predicted molar refractivity (Wildman–Crippen MR) is 349 cm³/mol. The largest absolute Gasteiger partial charge is 0.472 e. The minimum Gasteiger partial charge on any atom is -0.462 e. The minimum atomic E-state index is -4.94. The molecule has 0 aliphatic heterocycles. The predicted octanol–water partition coefficient (Wildman–Crippen LogP) is 19.5. The third kappa shape index (κ3) is 62.6. The third-order valence-electron chi connectivity index (χ3n) is 15.9. The van der Waals surface area contributed by atoms with Crippen molar-refractivity contribution in [1.29, 1.82) is 0 Å². The van der Waals surface area contributed by atoms with E-state index in [1.54, 1.807) is 0 Å². The first-order valence-electron chi connectivity index (χ1n) is 35.8. The molecule has 5 atom stereocenters. The Morgan fingerprint density at radius 2 is 0.460 bits per heavy atom. The van der Waals surface area contributed by atoms with E-state index in [1.807, 2.05) is 0 Å². The molecule has 0 aromatic carbocycles. The van der Waals surface area contributed by atoms with Crippen LogP contribution in [0.15, 0.2) is 0 Å². The maximum absolute atomic E-state index is 13.0. The van der Waals surface area contributed by atoms with Crippen LogP contribution < -0.4 is 0 Å². The summed E-state index contributed by atoms with van der Waals surface area (Å²) < 4.78 is 67.9. The van der Waals surface area contributed by atoms with Crippen molar-refractivity contribution in [2.24, 2.45) is 0 Å². The van der Waals surface area contributed by atoms with Crippen molar-refractivity contribution in [2.45, 2.75) is 373 Å². The number of unbranched alkanes of at least 4 members (excludes halogenated alkanes) is 43. The number of carbonyl (C=O) groups excluding carboxylic acids is 4. The van der Waals surface area contributed by atoms with Crippen molar-refractivity contribution < 1.29 is 80.2 Å². The molecule has 19 heteroatoms. The number of rotatable bonds is 69. The highest BCUT2D eigenvalue weighted by atomic mass is 31.2. The van der Waals surface area contributed by atoms with Crippen LogP contribution in [0, 0.1) is 0 Å². The third-order valence-corrected chi connectivity index (χ3v) is 17.8. The van der Waals surface area contributed by atoms with Gasteiger partial charge in [-0.3, -0.25) is 37.3 Å². The van der Waals surface area contributed by atoms with E-state index in [4.69, 9.17) is 37.0 Å². The normalized spacial score (nSPS) is 14.1. The van der Waals surface area contributed by atoms with Crippen molar-refractivity contribution in [3.8, 4) is 0 Å². The van der Waals surface area contributed by atoms with Crippen LogP contribution in [-0.4, -0.2) is 96.7 Å². The van der Waals surface area contributed by atoms with Crippen molar-refractivity contribution in [3.63, 3.8) is 0 Å². The number of aliphatic hydroxyl groups excluding tert-OH is 1. The lowest BCUT2D eigenvalue weighted by molar-refractivity contribution is -0.161. The first-order chi connectivity index (χ1) is 42.2. The molecule has 0 saturated carbocycles. The Hall–Kier alpha value is -1.94. The van der Waals surface area contributed by atoms with Gasteiger partial charge >= 0.3 is 39.5 Å². The molecule has 0 aromatic rings. The fourth-order valence-corrected chi connectivity index (χ4v) is 11.9. The molecule has 17 nitrogen and oxygen atoms in total. The summed E-state index contributed by atoms with van der Waals surface area (Å²) in [5.41, 5.74) is 0.